The van der Waals surface area contributed by atoms with Gasteiger partial charge in [0.2, 0.25) is 5.91 Å². The summed E-state index contributed by atoms with van der Waals surface area (Å²) in [4.78, 5) is 36.9. The number of hydrogen-bond acceptors (Lipinski definition) is 6. The number of fused-ring (bicyclic) bond motifs is 2. The van der Waals surface area contributed by atoms with E-state index < -0.39 is 17.3 Å². The SMILES string of the molecule is BC1(B)Oc2c(Cl)c(-c3c(O)cccc3F)nc(N3CCCC3(C)C)c2C(=O)N2CCN(C(=O)C=C)C[C@@H]21. The van der Waals surface area contributed by atoms with E-state index in [4.69, 9.17) is 21.3 Å². The van der Waals surface area contributed by atoms with E-state index in [1.807, 2.05) is 20.6 Å². The van der Waals surface area contributed by atoms with Gasteiger partial charge >= 0.3 is 0 Å². The first-order chi connectivity index (χ1) is 17.9. The molecule has 2 aromatic rings. The van der Waals surface area contributed by atoms with Crippen LogP contribution in [0.3, 0.4) is 0 Å². The maximum atomic E-state index is 15.1. The minimum atomic E-state index is -0.974. The molecule has 5 rings (SSSR count). The summed E-state index contributed by atoms with van der Waals surface area (Å²) in [6.07, 6.45) is 3.02. The van der Waals surface area contributed by atoms with E-state index in [0.29, 0.717) is 25.5 Å². The Labute approximate surface area is 228 Å². The molecule has 4 heterocycles. The van der Waals surface area contributed by atoms with E-state index in [2.05, 4.69) is 20.4 Å². The molecule has 0 saturated carbocycles. The van der Waals surface area contributed by atoms with Crippen molar-refractivity contribution in [3.63, 3.8) is 0 Å². The van der Waals surface area contributed by atoms with Crippen LogP contribution < -0.4 is 9.64 Å². The number of piperazine rings is 1. The number of amides is 2. The summed E-state index contributed by atoms with van der Waals surface area (Å²) in [5.41, 5.74) is -0.272. The molecule has 1 N–H and O–H groups in total. The lowest BCUT2D eigenvalue weighted by Crippen LogP contribution is -2.66. The first-order valence-corrected chi connectivity index (χ1v) is 13.2. The molecule has 0 radical (unpaired) electrons. The summed E-state index contributed by atoms with van der Waals surface area (Å²) in [6.45, 7) is 9.27. The molecule has 0 unspecified atom stereocenters. The molecule has 8 nitrogen and oxygen atoms in total. The van der Waals surface area contributed by atoms with Crippen LogP contribution in [0.2, 0.25) is 5.02 Å². The maximum absolute atomic E-state index is 15.1. The number of halogens is 2. The lowest BCUT2D eigenvalue weighted by molar-refractivity contribution is -0.129. The topological polar surface area (TPSA) is 86.2 Å². The van der Waals surface area contributed by atoms with Crippen molar-refractivity contribution in [1.29, 1.82) is 0 Å². The molecular weight excluding hydrogens is 508 g/mol. The second-order valence-corrected chi connectivity index (χ2v) is 11.6. The molecule has 2 saturated heterocycles. The number of carbonyl (C=O) groups is 2. The van der Waals surface area contributed by atoms with E-state index in [1.165, 1.54) is 24.3 Å². The van der Waals surface area contributed by atoms with Crippen molar-refractivity contribution in [2.75, 3.05) is 31.1 Å². The molecule has 2 fully saturated rings. The van der Waals surface area contributed by atoms with Gasteiger partial charge in [-0.25, -0.2) is 9.37 Å². The number of aromatic hydroxyl groups is 1. The summed E-state index contributed by atoms with van der Waals surface area (Å²) >= 11 is 6.89. The predicted octanol–water partition coefficient (Wildman–Crippen LogP) is 1.78. The van der Waals surface area contributed by atoms with Crippen molar-refractivity contribution in [2.24, 2.45) is 0 Å². The highest BCUT2D eigenvalue weighted by molar-refractivity contribution is 6.41. The minimum absolute atomic E-state index is 0.00523. The summed E-state index contributed by atoms with van der Waals surface area (Å²) < 4.78 is 21.6. The molecule has 1 aromatic carbocycles. The van der Waals surface area contributed by atoms with Gasteiger partial charge in [0.05, 0.1) is 17.0 Å². The Balaban J connectivity index is 1.76. The zero-order valence-corrected chi connectivity index (χ0v) is 22.8. The van der Waals surface area contributed by atoms with Gasteiger partial charge in [0.1, 0.15) is 49.4 Å². The number of hydrogen-bond donors (Lipinski definition) is 1. The maximum Gasteiger partial charge on any atom is 0.261 e. The second-order valence-electron chi connectivity index (χ2n) is 11.2. The first kappa shape index (κ1) is 26.4. The van der Waals surface area contributed by atoms with Gasteiger partial charge in [0, 0.05) is 31.7 Å². The monoisotopic (exact) mass is 538 g/mol. The highest BCUT2D eigenvalue weighted by atomic mass is 35.5. The summed E-state index contributed by atoms with van der Waals surface area (Å²) in [6, 6.07) is 3.50. The number of phenolic OH excluding ortho intramolecular Hbond substituents is 1. The van der Waals surface area contributed by atoms with Crippen LogP contribution in [0.5, 0.6) is 11.5 Å². The fourth-order valence-corrected chi connectivity index (χ4v) is 6.12. The molecule has 2 amide bonds. The van der Waals surface area contributed by atoms with Crippen LogP contribution >= 0.6 is 11.6 Å². The average Bonchev–Trinajstić information content (AvgIpc) is 3.19. The second kappa shape index (κ2) is 9.22. The smallest absolute Gasteiger partial charge is 0.261 e. The quantitative estimate of drug-likeness (QED) is 0.474. The molecule has 0 spiro atoms. The number of rotatable bonds is 3. The Morgan fingerprint density at radius 2 is 2.03 bits per heavy atom. The molecule has 0 bridgehead atoms. The average molecular weight is 539 g/mol. The van der Waals surface area contributed by atoms with E-state index in [0.717, 1.165) is 12.8 Å². The van der Waals surface area contributed by atoms with Gasteiger partial charge in [-0.15, -0.1) is 0 Å². The fourth-order valence-electron chi connectivity index (χ4n) is 5.85. The van der Waals surface area contributed by atoms with Crippen LogP contribution in [-0.4, -0.2) is 90.6 Å². The lowest BCUT2D eigenvalue weighted by Gasteiger charge is -2.46. The predicted molar refractivity (Wildman–Crippen MR) is 149 cm³/mol. The van der Waals surface area contributed by atoms with Crippen LogP contribution in [0.25, 0.3) is 11.3 Å². The van der Waals surface area contributed by atoms with Crippen molar-refractivity contribution >= 4 is 44.9 Å². The van der Waals surface area contributed by atoms with Gasteiger partial charge in [-0.3, -0.25) is 9.59 Å². The molecule has 38 heavy (non-hydrogen) atoms. The van der Waals surface area contributed by atoms with Crippen LogP contribution in [0.15, 0.2) is 30.9 Å². The number of phenols is 1. The van der Waals surface area contributed by atoms with Crippen LogP contribution in [-0.2, 0) is 4.79 Å². The van der Waals surface area contributed by atoms with Crippen molar-refractivity contribution in [3.8, 4) is 22.8 Å². The number of ether oxygens (including phenoxy) is 1. The Hall–Kier alpha value is -3.20. The summed E-state index contributed by atoms with van der Waals surface area (Å²) in [5, 5.41) is 9.57. The number of nitrogens with zero attached hydrogens (tertiary/aromatic N) is 4. The van der Waals surface area contributed by atoms with Gasteiger partial charge in [0.15, 0.2) is 5.75 Å². The Kier molecular flexibility index (Phi) is 6.41. The highest BCUT2D eigenvalue weighted by Crippen LogP contribution is 2.49. The van der Waals surface area contributed by atoms with Crippen LogP contribution in [0, 0.1) is 5.82 Å². The van der Waals surface area contributed by atoms with Crippen molar-refractivity contribution in [1.82, 2.24) is 14.8 Å². The minimum Gasteiger partial charge on any atom is -0.507 e. The number of pyridine rings is 1. The number of benzene rings is 1. The molecule has 198 valence electrons. The zero-order valence-electron chi connectivity index (χ0n) is 22.1. The largest absolute Gasteiger partial charge is 0.507 e. The van der Waals surface area contributed by atoms with Gasteiger partial charge in [0.25, 0.3) is 5.91 Å². The Bertz CT molecular complexity index is 1330. The molecule has 3 aliphatic rings. The van der Waals surface area contributed by atoms with Gasteiger partial charge in [-0.2, -0.15) is 0 Å². The van der Waals surface area contributed by atoms with Crippen LogP contribution in [0.1, 0.15) is 37.0 Å². The summed E-state index contributed by atoms with van der Waals surface area (Å²) in [7, 11) is 3.68. The van der Waals surface area contributed by atoms with Gasteiger partial charge in [-0.1, -0.05) is 24.2 Å². The number of carbonyl (C=O) groups excluding carboxylic acids is 2. The highest BCUT2D eigenvalue weighted by Gasteiger charge is 2.49. The Morgan fingerprint density at radius 3 is 2.66 bits per heavy atom. The number of anilines is 1. The van der Waals surface area contributed by atoms with E-state index >= 15 is 4.39 Å². The molecule has 1 atom stereocenters. The molecule has 0 aliphatic carbocycles. The third-order valence-electron chi connectivity index (χ3n) is 7.97. The van der Waals surface area contributed by atoms with Crippen LogP contribution in [0.4, 0.5) is 10.2 Å². The van der Waals surface area contributed by atoms with Crippen molar-refractivity contribution < 1.29 is 23.8 Å². The third-order valence-corrected chi connectivity index (χ3v) is 8.32. The van der Waals surface area contributed by atoms with Crippen molar-refractivity contribution in [3.05, 3.63) is 47.3 Å². The fraction of sp³-hybridized carbons (Fsp3) is 0.423. The molecule has 3 aliphatic heterocycles. The molecule has 1 aromatic heterocycles. The number of aromatic nitrogens is 1. The van der Waals surface area contributed by atoms with E-state index in [1.54, 1.807) is 9.80 Å². The van der Waals surface area contributed by atoms with Gasteiger partial charge < -0.3 is 24.5 Å². The summed E-state index contributed by atoms with van der Waals surface area (Å²) in [5.74, 6) is -1.09. The van der Waals surface area contributed by atoms with Gasteiger partial charge in [-0.05, 0) is 44.9 Å². The third kappa shape index (κ3) is 4.11. The van der Waals surface area contributed by atoms with Crippen molar-refractivity contribution in [2.45, 2.75) is 43.7 Å². The first-order valence-electron chi connectivity index (χ1n) is 12.8. The molecular formula is C26H30B2ClFN4O4. The van der Waals surface area contributed by atoms with E-state index in [-0.39, 0.29) is 57.2 Å². The Morgan fingerprint density at radius 1 is 1.29 bits per heavy atom. The molecule has 12 heteroatoms. The lowest BCUT2D eigenvalue weighted by atomic mass is 9.59. The normalized spacial score (nSPS) is 21.8. The zero-order chi connectivity index (χ0) is 27.6. The standard InChI is InChI=1S/C26H30B2ClFN4O4/c1-4-17(36)32-11-12-33-16(13-32)26(27,28)38-22-19(24(33)37)23(34-10-6-9-25(34,2)3)31-21(20(22)29)18-14(30)7-5-8-15(18)35/h4-5,7-8,16,35H,1,6,9-13,27-28H2,2-3H3/t16-/m1/s1. The van der Waals surface area contributed by atoms with E-state index in [9.17, 15) is 14.7 Å².